The third kappa shape index (κ3) is 3.00. The molecule has 19 heavy (non-hydrogen) atoms. The SMILES string of the molecule is Cc1[nH]nc(NC(=O)Cc2ccccc2CN)c1C. The smallest absolute Gasteiger partial charge is 0.230 e. The Kier molecular flexibility index (Phi) is 3.97. The number of amides is 1. The van der Waals surface area contributed by atoms with Crippen molar-refractivity contribution in [2.24, 2.45) is 5.73 Å². The first kappa shape index (κ1) is 13.3. The van der Waals surface area contributed by atoms with E-state index in [0.29, 0.717) is 18.8 Å². The predicted molar refractivity (Wildman–Crippen MR) is 74.7 cm³/mol. The molecule has 0 unspecified atom stereocenters. The zero-order valence-corrected chi connectivity index (χ0v) is 11.2. The van der Waals surface area contributed by atoms with Crippen LogP contribution in [0.1, 0.15) is 22.4 Å². The Labute approximate surface area is 112 Å². The fraction of sp³-hybridized carbons (Fsp3) is 0.286. The molecule has 0 aliphatic carbocycles. The van der Waals surface area contributed by atoms with Crippen molar-refractivity contribution in [2.45, 2.75) is 26.8 Å². The number of nitrogens with two attached hydrogens (primary N) is 1. The zero-order chi connectivity index (χ0) is 13.8. The van der Waals surface area contributed by atoms with Crippen LogP contribution in [-0.2, 0) is 17.8 Å². The summed E-state index contributed by atoms with van der Waals surface area (Å²) in [6.07, 6.45) is 0.304. The second kappa shape index (κ2) is 5.67. The normalized spacial score (nSPS) is 10.5. The summed E-state index contributed by atoms with van der Waals surface area (Å²) in [4.78, 5) is 12.0. The highest BCUT2D eigenvalue weighted by atomic mass is 16.1. The van der Waals surface area contributed by atoms with Crippen molar-refractivity contribution >= 4 is 11.7 Å². The molecule has 0 saturated heterocycles. The van der Waals surface area contributed by atoms with E-state index < -0.39 is 0 Å². The fourth-order valence-corrected chi connectivity index (χ4v) is 1.89. The number of H-pyrrole nitrogens is 1. The van der Waals surface area contributed by atoms with Crippen LogP contribution in [0.2, 0.25) is 0 Å². The molecule has 100 valence electrons. The monoisotopic (exact) mass is 258 g/mol. The molecule has 5 heteroatoms. The summed E-state index contributed by atoms with van der Waals surface area (Å²) >= 11 is 0. The Morgan fingerprint density at radius 2 is 2.00 bits per heavy atom. The molecule has 5 nitrogen and oxygen atoms in total. The summed E-state index contributed by atoms with van der Waals surface area (Å²) in [6, 6.07) is 7.69. The zero-order valence-electron chi connectivity index (χ0n) is 11.2. The van der Waals surface area contributed by atoms with Gasteiger partial charge in [-0.15, -0.1) is 0 Å². The van der Waals surface area contributed by atoms with Crippen LogP contribution in [0.4, 0.5) is 5.82 Å². The maximum Gasteiger partial charge on any atom is 0.230 e. The Morgan fingerprint density at radius 1 is 1.32 bits per heavy atom. The first-order valence-corrected chi connectivity index (χ1v) is 6.20. The van der Waals surface area contributed by atoms with Gasteiger partial charge in [0.05, 0.1) is 6.42 Å². The van der Waals surface area contributed by atoms with Gasteiger partial charge in [-0.3, -0.25) is 9.89 Å². The third-order valence-corrected chi connectivity index (χ3v) is 3.20. The van der Waals surface area contributed by atoms with Crippen LogP contribution in [0, 0.1) is 13.8 Å². The van der Waals surface area contributed by atoms with Gasteiger partial charge in [0.2, 0.25) is 5.91 Å². The van der Waals surface area contributed by atoms with Gasteiger partial charge in [-0.2, -0.15) is 5.10 Å². The van der Waals surface area contributed by atoms with Crippen molar-refractivity contribution in [2.75, 3.05) is 5.32 Å². The lowest BCUT2D eigenvalue weighted by atomic mass is 10.0. The highest BCUT2D eigenvalue weighted by Crippen LogP contribution is 2.15. The Balaban J connectivity index is 2.07. The number of anilines is 1. The van der Waals surface area contributed by atoms with Gasteiger partial charge in [0.15, 0.2) is 5.82 Å². The van der Waals surface area contributed by atoms with E-state index in [0.717, 1.165) is 22.4 Å². The summed E-state index contributed by atoms with van der Waals surface area (Å²) in [7, 11) is 0. The molecule has 0 bridgehead atoms. The van der Waals surface area contributed by atoms with E-state index in [4.69, 9.17) is 5.73 Å². The van der Waals surface area contributed by atoms with Crippen LogP contribution in [0.15, 0.2) is 24.3 Å². The highest BCUT2D eigenvalue weighted by molar-refractivity contribution is 5.92. The molecule has 0 radical (unpaired) electrons. The number of benzene rings is 1. The number of hydrogen-bond donors (Lipinski definition) is 3. The van der Waals surface area contributed by atoms with E-state index in [1.165, 1.54) is 0 Å². The maximum absolute atomic E-state index is 12.0. The van der Waals surface area contributed by atoms with Gasteiger partial charge in [0.1, 0.15) is 0 Å². The summed E-state index contributed by atoms with van der Waals surface area (Å²) in [5, 5.41) is 9.71. The number of nitrogens with zero attached hydrogens (tertiary/aromatic N) is 1. The van der Waals surface area contributed by atoms with E-state index in [1.54, 1.807) is 0 Å². The molecule has 2 aromatic rings. The molecule has 0 saturated carbocycles. The van der Waals surface area contributed by atoms with Crippen molar-refractivity contribution in [3.63, 3.8) is 0 Å². The molecule has 0 aliphatic rings. The van der Waals surface area contributed by atoms with E-state index >= 15 is 0 Å². The van der Waals surface area contributed by atoms with Crippen LogP contribution in [-0.4, -0.2) is 16.1 Å². The van der Waals surface area contributed by atoms with Crippen molar-refractivity contribution in [1.82, 2.24) is 10.2 Å². The number of aromatic amines is 1. The van der Waals surface area contributed by atoms with Crippen LogP contribution >= 0.6 is 0 Å². The van der Waals surface area contributed by atoms with E-state index in [1.807, 2.05) is 38.1 Å². The minimum Gasteiger partial charge on any atom is -0.326 e. The number of hydrogen-bond acceptors (Lipinski definition) is 3. The van der Waals surface area contributed by atoms with Gasteiger partial charge in [0.25, 0.3) is 0 Å². The molecular formula is C14H18N4O. The second-order valence-corrected chi connectivity index (χ2v) is 4.52. The van der Waals surface area contributed by atoms with Crippen LogP contribution in [0.5, 0.6) is 0 Å². The number of carbonyl (C=O) groups is 1. The van der Waals surface area contributed by atoms with Crippen molar-refractivity contribution in [3.05, 3.63) is 46.6 Å². The Hall–Kier alpha value is -2.14. The lowest BCUT2D eigenvalue weighted by Gasteiger charge is -2.07. The van der Waals surface area contributed by atoms with Gasteiger partial charge in [0, 0.05) is 17.8 Å². The molecule has 0 atom stereocenters. The molecule has 0 aliphatic heterocycles. The molecular weight excluding hydrogens is 240 g/mol. The van der Waals surface area contributed by atoms with Crippen molar-refractivity contribution < 1.29 is 4.79 Å². The quantitative estimate of drug-likeness (QED) is 0.780. The first-order chi connectivity index (χ1) is 9.11. The Bertz CT molecular complexity index is 589. The van der Waals surface area contributed by atoms with Gasteiger partial charge in [-0.1, -0.05) is 24.3 Å². The number of aromatic nitrogens is 2. The summed E-state index contributed by atoms with van der Waals surface area (Å²) in [6.45, 7) is 4.27. The number of carbonyl (C=O) groups excluding carboxylic acids is 1. The summed E-state index contributed by atoms with van der Waals surface area (Å²) < 4.78 is 0. The first-order valence-electron chi connectivity index (χ1n) is 6.20. The molecule has 1 heterocycles. The van der Waals surface area contributed by atoms with Gasteiger partial charge < -0.3 is 11.1 Å². The van der Waals surface area contributed by atoms with E-state index in [2.05, 4.69) is 15.5 Å². The topological polar surface area (TPSA) is 83.8 Å². The number of rotatable bonds is 4. The largest absolute Gasteiger partial charge is 0.326 e. The van der Waals surface area contributed by atoms with E-state index in [9.17, 15) is 4.79 Å². The standard InChI is InChI=1S/C14H18N4O/c1-9-10(2)17-18-14(9)16-13(19)7-11-5-3-4-6-12(11)8-15/h3-6H,7-8,15H2,1-2H3,(H2,16,17,18,19). The Morgan fingerprint density at radius 3 is 2.58 bits per heavy atom. The van der Waals surface area contributed by atoms with Crippen molar-refractivity contribution in [3.8, 4) is 0 Å². The van der Waals surface area contributed by atoms with Gasteiger partial charge >= 0.3 is 0 Å². The minimum atomic E-state index is -0.0875. The fourth-order valence-electron chi connectivity index (χ4n) is 1.89. The van der Waals surface area contributed by atoms with Crippen molar-refractivity contribution in [1.29, 1.82) is 0 Å². The lowest BCUT2D eigenvalue weighted by molar-refractivity contribution is -0.115. The molecule has 2 rings (SSSR count). The lowest BCUT2D eigenvalue weighted by Crippen LogP contribution is -2.17. The molecule has 0 fully saturated rings. The number of aryl methyl sites for hydroxylation is 1. The predicted octanol–water partition coefficient (Wildman–Crippen LogP) is 1.67. The number of nitrogens with one attached hydrogen (secondary N) is 2. The third-order valence-electron chi connectivity index (χ3n) is 3.20. The molecule has 1 aromatic heterocycles. The van der Waals surface area contributed by atoms with Crippen LogP contribution in [0.25, 0.3) is 0 Å². The minimum absolute atomic E-state index is 0.0875. The van der Waals surface area contributed by atoms with Crippen LogP contribution in [0.3, 0.4) is 0 Å². The summed E-state index contributed by atoms with van der Waals surface area (Å²) in [5.41, 5.74) is 9.52. The molecule has 0 spiro atoms. The molecule has 1 aromatic carbocycles. The molecule has 4 N–H and O–H groups in total. The van der Waals surface area contributed by atoms with Gasteiger partial charge in [-0.25, -0.2) is 0 Å². The van der Waals surface area contributed by atoms with Gasteiger partial charge in [-0.05, 0) is 25.0 Å². The second-order valence-electron chi connectivity index (χ2n) is 4.52. The maximum atomic E-state index is 12.0. The summed E-state index contributed by atoms with van der Waals surface area (Å²) in [5.74, 6) is 0.503. The average molecular weight is 258 g/mol. The highest BCUT2D eigenvalue weighted by Gasteiger charge is 2.11. The van der Waals surface area contributed by atoms with Crippen LogP contribution < -0.4 is 11.1 Å². The van der Waals surface area contributed by atoms with E-state index in [-0.39, 0.29) is 5.91 Å². The molecule has 1 amide bonds. The average Bonchev–Trinajstić information content (AvgIpc) is 2.71.